The lowest BCUT2D eigenvalue weighted by atomic mass is 10.1. The number of sulfone groups is 1. The molecule has 1 aliphatic carbocycles. The minimum Gasteiger partial charge on any atom is -0.381 e. The molecule has 0 radical (unpaired) electrons. The number of nitrogens with one attached hydrogen (secondary N) is 2. The molecule has 0 bridgehead atoms. The number of nitrogens with zero attached hydrogens (tertiary/aromatic N) is 1. The molecular weight excluding hydrogens is 413 g/mol. The van der Waals surface area contributed by atoms with Crippen LogP contribution in [-0.2, 0) is 16.4 Å². The SMILES string of the molecule is O=S1(=O)CCN(Cc2cc(NC3CCCC3)c3[nH]c(-c4cccc(F)c4)cc3c2)CC1. The van der Waals surface area contributed by atoms with E-state index in [4.69, 9.17) is 0 Å². The van der Waals surface area contributed by atoms with Crippen molar-refractivity contribution in [1.29, 1.82) is 0 Å². The van der Waals surface area contributed by atoms with Crippen LogP contribution in [0.4, 0.5) is 10.1 Å². The summed E-state index contributed by atoms with van der Waals surface area (Å²) >= 11 is 0. The largest absolute Gasteiger partial charge is 0.381 e. The van der Waals surface area contributed by atoms with E-state index in [1.54, 1.807) is 12.1 Å². The molecule has 2 aromatic carbocycles. The molecule has 1 saturated carbocycles. The maximum Gasteiger partial charge on any atom is 0.152 e. The monoisotopic (exact) mass is 441 g/mol. The van der Waals surface area contributed by atoms with E-state index < -0.39 is 9.84 Å². The number of H-pyrrole nitrogens is 1. The first-order chi connectivity index (χ1) is 14.9. The third-order valence-electron chi connectivity index (χ3n) is 6.48. The molecule has 1 aromatic heterocycles. The number of halogens is 1. The highest BCUT2D eigenvalue weighted by Crippen LogP contribution is 2.33. The van der Waals surface area contributed by atoms with Crippen LogP contribution in [0.3, 0.4) is 0 Å². The number of fused-ring (bicyclic) bond motifs is 1. The second kappa shape index (κ2) is 8.28. The third kappa shape index (κ3) is 4.62. The fourth-order valence-electron chi connectivity index (χ4n) is 4.78. The summed E-state index contributed by atoms with van der Waals surface area (Å²) in [6.07, 6.45) is 4.85. The van der Waals surface area contributed by atoms with E-state index in [0.717, 1.165) is 40.0 Å². The molecule has 1 aliphatic heterocycles. The van der Waals surface area contributed by atoms with Gasteiger partial charge in [0.25, 0.3) is 0 Å². The van der Waals surface area contributed by atoms with Gasteiger partial charge in [-0.05, 0) is 48.7 Å². The zero-order valence-electron chi connectivity index (χ0n) is 17.5. The van der Waals surface area contributed by atoms with Gasteiger partial charge in [-0.1, -0.05) is 25.0 Å². The molecule has 2 N–H and O–H groups in total. The number of benzene rings is 2. The Morgan fingerprint density at radius 1 is 1.06 bits per heavy atom. The van der Waals surface area contributed by atoms with E-state index in [1.807, 2.05) is 6.07 Å². The molecule has 5 nitrogen and oxygen atoms in total. The van der Waals surface area contributed by atoms with Gasteiger partial charge in [-0.3, -0.25) is 4.90 Å². The van der Waals surface area contributed by atoms with Gasteiger partial charge in [0.2, 0.25) is 0 Å². The zero-order chi connectivity index (χ0) is 21.4. The first kappa shape index (κ1) is 20.5. The highest BCUT2D eigenvalue weighted by atomic mass is 32.2. The Kier molecular flexibility index (Phi) is 5.48. The van der Waals surface area contributed by atoms with Gasteiger partial charge in [0.1, 0.15) is 5.82 Å². The van der Waals surface area contributed by atoms with E-state index >= 15 is 0 Å². The Morgan fingerprint density at radius 2 is 1.84 bits per heavy atom. The third-order valence-corrected chi connectivity index (χ3v) is 8.09. The lowest BCUT2D eigenvalue weighted by Gasteiger charge is -2.27. The molecule has 3 aromatic rings. The Labute approximate surface area is 182 Å². The minimum atomic E-state index is -2.89. The molecule has 31 heavy (non-hydrogen) atoms. The molecule has 0 unspecified atom stereocenters. The molecule has 2 heterocycles. The molecule has 0 atom stereocenters. The molecule has 0 spiro atoms. The van der Waals surface area contributed by atoms with Gasteiger partial charge in [0, 0.05) is 42.3 Å². The van der Waals surface area contributed by atoms with Crippen molar-refractivity contribution in [3.8, 4) is 11.3 Å². The molecule has 2 fully saturated rings. The predicted octanol–water partition coefficient (Wildman–Crippen LogP) is 4.56. The first-order valence-corrected chi connectivity index (χ1v) is 12.9. The summed E-state index contributed by atoms with van der Waals surface area (Å²) in [7, 11) is -2.89. The van der Waals surface area contributed by atoms with E-state index in [0.29, 0.717) is 19.1 Å². The average molecular weight is 442 g/mol. The van der Waals surface area contributed by atoms with E-state index in [1.165, 1.54) is 31.7 Å². The van der Waals surface area contributed by atoms with Crippen molar-refractivity contribution < 1.29 is 12.8 Å². The van der Waals surface area contributed by atoms with Crippen LogP contribution in [0.15, 0.2) is 42.5 Å². The van der Waals surface area contributed by atoms with E-state index in [2.05, 4.69) is 33.4 Å². The van der Waals surface area contributed by atoms with Gasteiger partial charge in [0.05, 0.1) is 22.7 Å². The maximum atomic E-state index is 13.8. The summed E-state index contributed by atoms with van der Waals surface area (Å²) in [5.41, 5.74) is 5.00. The lowest BCUT2D eigenvalue weighted by Crippen LogP contribution is -2.39. The van der Waals surface area contributed by atoms with Gasteiger partial charge in [0.15, 0.2) is 9.84 Å². The lowest BCUT2D eigenvalue weighted by molar-refractivity contribution is 0.288. The summed E-state index contributed by atoms with van der Waals surface area (Å²) in [6, 6.07) is 13.5. The van der Waals surface area contributed by atoms with Crippen molar-refractivity contribution in [2.75, 3.05) is 29.9 Å². The topological polar surface area (TPSA) is 65.2 Å². The molecule has 1 saturated heterocycles. The smallest absolute Gasteiger partial charge is 0.152 e. The second-order valence-electron chi connectivity index (χ2n) is 8.85. The number of aromatic nitrogens is 1. The molecule has 7 heteroatoms. The molecule has 164 valence electrons. The van der Waals surface area contributed by atoms with Crippen molar-refractivity contribution in [2.45, 2.75) is 38.3 Å². The summed E-state index contributed by atoms with van der Waals surface area (Å²) in [4.78, 5) is 5.71. The normalized spacial score (nSPS) is 19.8. The van der Waals surface area contributed by atoms with Crippen LogP contribution in [0.1, 0.15) is 31.2 Å². The van der Waals surface area contributed by atoms with Gasteiger partial charge < -0.3 is 10.3 Å². The highest BCUT2D eigenvalue weighted by molar-refractivity contribution is 7.91. The summed E-state index contributed by atoms with van der Waals surface area (Å²) in [5.74, 6) is 0.216. The molecule has 0 amide bonds. The number of anilines is 1. The fraction of sp³-hybridized carbons (Fsp3) is 0.417. The molecule has 5 rings (SSSR count). The van der Waals surface area contributed by atoms with Gasteiger partial charge in [-0.2, -0.15) is 0 Å². The Hall–Kier alpha value is -2.38. The number of rotatable bonds is 5. The minimum absolute atomic E-state index is 0.232. The summed E-state index contributed by atoms with van der Waals surface area (Å²) < 4.78 is 37.3. The van der Waals surface area contributed by atoms with Crippen LogP contribution >= 0.6 is 0 Å². The highest BCUT2D eigenvalue weighted by Gasteiger charge is 2.22. The molecular formula is C24H28FN3O2S. The number of aromatic amines is 1. The van der Waals surface area contributed by atoms with Crippen molar-refractivity contribution >= 4 is 26.4 Å². The predicted molar refractivity (Wildman–Crippen MR) is 124 cm³/mol. The fourth-order valence-corrected chi connectivity index (χ4v) is 6.06. The van der Waals surface area contributed by atoms with Crippen molar-refractivity contribution in [3.05, 3.63) is 53.8 Å². The second-order valence-corrected chi connectivity index (χ2v) is 11.2. The van der Waals surface area contributed by atoms with Gasteiger partial charge in [-0.15, -0.1) is 0 Å². The van der Waals surface area contributed by atoms with Crippen molar-refractivity contribution in [3.63, 3.8) is 0 Å². The first-order valence-electron chi connectivity index (χ1n) is 11.1. The van der Waals surface area contributed by atoms with Crippen LogP contribution in [0.2, 0.25) is 0 Å². The van der Waals surface area contributed by atoms with Crippen LogP contribution in [0, 0.1) is 5.82 Å². The number of hydrogen-bond donors (Lipinski definition) is 2. The van der Waals surface area contributed by atoms with Crippen LogP contribution in [0.5, 0.6) is 0 Å². The number of hydrogen-bond acceptors (Lipinski definition) is 4. The van der Waals surface area contributed by atoms with Crippen LogP contribution in [0.25, 0.3) is 22.2 Å². The Morgan fingerprint density at radius 3 is 2.58 bits per heavy atom. The van der Waals surface area contributed by atoms with Crippen LogP contribution in [-0.4, -0.2) is 48.9 Å². The van der Waals surface area contributed by atoms with Gasteiger partial charge in [-0.25, -0.2) is 12.8 Å². The summed E-state index contributed by atoms with van der Waals surface area (Å²) in [6.45, 7) is 1.88. The quantitative estimate of drug-likeness (QED) is 0.609. The Bertz CT molecular complexity index is 1180. The van der Waals surface area contributed by atoms with Crippen molar-refractivity contribution in [2.24, 2.45) is 0 Å². The maximum absolute atomic E-state index is 13.8. The standard InChI is InChI=1S/C24H28FN3O2S/c25-20-5-3-4-18(14-20)22-15-19-12-17(16-28-8-10-31(29,30)11-9-28)13-23(24(19)27-22)26-21-6-1-2-7-21/h3-5,12-15,21,26-27H,1-2,6-11,16H2. The van der Waals surface area contributed by atoms with E-state index in [-0.39, 0.29) is 17.3 Å². The van der Waals surface area contributed by atoms with Crippen LogP contribution < -0.4 is 5.32 Å². The van der Waals surface area contributed by atoms with Gasteiger partial charge >= 0.3 is 0 Å². The summed E-state index contributed by atoms with van der Waals surface area (Å²) in [5, 5.41) is 4.82. The van der Waals surface area contributed by atoms with E-state index in [9.17, 15) is 12.8 Å². The van der Waals surface area contributed by atoms with Crippen molar-refractivity contribution in [1.82, 2.24) is 9.88 Å². The Balaban J connectivity index is 1.49. The molecule has 2 aliphatic rings. The average Bonchev–Trinajstić information content (AvgIpc) is 3.39. The zero-order valence-corrected chi connectivity index (χ0v) is 18.3.